The van der Waals surface area contributed by atoms with E-state index in [0.29, 0.717) is 5.92 Å². The second-order valence-electron chi connectivity index (χ2n) is 9.11. The predicted molar refractivity (Wildman–Crippen MR) is 113 cm³/mol. The first-order valence-electron chi connectivity index (χ1n) is 11.6. The summed E-state index contributed by atoms with van der Waals surface area (Å²) in [5.41, 5.74) is 0.695. The first kappa shape index (κ1) is 21.4. The lowest BCUT2D eigenvalue weighted by Crippen LogP contribution is -2.25. The Bertz CT molecular complexity index is 657. The van der Waals surface area contributed by atoms with Crippen LogP contribution in [0.5, 0.6) is 0 Å². The van der Waals surface area contributed by atoms with Crippen LogP contribution in [-0.2, 0) is 6.42 Å². The van der Waals surface area contributed by atoms with Gasteiger partial charge >= 0.3 is 0 Å². The summed E-state index contributed by atoms with van der Waals surface area (Å²) in [6.45, 7) is 4.40. The number of benzene rings is 1. The van der Waals surface area contributed by atoms with E-state index in [1.54, 1.807) is 0 Å². The zero-order valence-corrected chi connectivity index (χ0v) is 17.7. The Labute approximate surface area is 170 Å². The molecule has 154 valence electrons. The summed E-state index contributed by atoms with van der Waals surface area (Å²) in [5, 5.41) is 0. The van der Waals surface area contributed by atoms with Crippen molar-refractivity contribution >= 4 is 0 Å². The van der Waals surface area contributed by atoms with Crippen LogP contribution in [0.2, 0.25) is 0 Å². The third kappa shape index (κ3) is 5.59. The molecule has 0 radical (unpaired) electrons. The number of halogens is 2. The van der Waals surface area contributed by atoms with Crippen LogP contribution in [0.25, 0.3) is 0 Å². The number of rotatable bonds is 5. The van der Waals surface area contributed by atoms with Crippen molar-refractivity contribution in [3.05, 3.63) is 34.9 Å². The molecule has 1 aromatic carbocycles. The summed E-state index contributed by atoms with van der Waals surface area (Å²) in [7, 11) is 0. The fourth-order valence-electron chi connectivity index (χ4n) is 5.25. The maximum Gasteiger partial charge on any atom is 0.142 e. The van der Waals surface area contributed by atoms with Crippen LogP contribution in [0.3, 0.4) is 0 Å². The summed E-state index contributed by atoms with van der Waals surface area (Å²) < 4.78 is 28.6. The van der Waals surface area contributed by atoms with Gasteiger partial charge in [-0.25, -0.2) is 8.78 Å². The summed E-state index contributed by atoms with van der Waals surface area (Å²) >= 11 is 0. The van der Waals surface area contributed by atoms with Gasteiger partial charge in [-0.05, 0) is 86.8 Å². The van der Waals surface area contributed by atoms with Crippen molar-refractivity contribution in [2.45, 2.75) is 90.9 Å². The van der Waals surface area contributed by atoms with Crippen LogP contribution in [-0.4, -0.2) is 0 Å². The van der Waals surface area contributed by atoms with Crippen LogP contribution in [0.4, 0.5) is 8.78 Å². The highest BCUT2D eigenvalue weighted by Crippen LogP contribution is 2.41. The molecular weight excluding hydrogens is 350 g/mol. The highest BCUT2D eigenvalue weighted by atomic mass is 19.1. The molecule has 2 aliphatic carbocycles. The van der Waals surface area contributed by atoms with Gasteiger partial charge in [0.05, 0.1) is 5.56 Å². The second-order valence-corrected chi connectivity index (χ2v) is 9.11. The van der Waals surface area contributed by atoms with Crippen LogP contribution in [0.1, 0.15) is 95.6 Å². The van der Waals surface area contributed by atoms with Gasteiger partial charge in [0.2, 0.25) is 0 Å². The van der Waals surface area contributed by atoms with Gasteiger partial charge in [0, 0.05) is 5.92 Å². The number of hydrogen-bond acceptors (Lipinski definition) is 0. The topological polar surface area (TPSA) is 0 Å². The molecule has 0 heterocycles. The van der Waals surface area contributed by atoms with Gasteiger partial charge in [0.1, 0.15) is 11.6 Å². The molecule has 0 unspecified atom stereocenters. The molecule has 1 aromatic rings. The molecule has 0 spiro atoms. The molecule has 0 nitrogen and oxygen atoms in total. The van der Waals surface area contributed by atoms with Crippen LogP contribution < -0.4 is 0 Å². The highest BCUT2D eigenvalue weighted by molar-refractivity contribution is 5.39. The van der Waals surface area contributed by atoms with E-state index in [2.05, 4.69) is 25.7 Å². The van der Waals surface area contributed by atoms with Crippen LogP contribution >= 0.6 is 0 Å². The van der Waals surface area contributed by atoms with Gasteiger partial charge in [0.15, 0.2) is 0 Å². The van der Waals surface area contributed by atoms with E-state index in [1.807, 2.05) is 0 Å². The summed E-state index contributed by atoms with van der Waals surface area (Å²) in [6, 6.07) is 2.93. The van der Waals surface area contributed by atoms with Crippen molar-refractivity contribution in [2.24, 2.45) is 23.7 Å². The molecule has 2 aliphatic rings. The predicted octanol–water partition coefficient (Wildman–Crippen LogP) is 7.68. The van der Waals surface area contributed by atoms with E-state index < -0.39 is 11.6 Å². The van der Waals surface area contributed by atoms with Gasteiger partial charge in [-0.3, -0.25) is 0 Å². The fourth-order valence-corrected chi connectivity index (χ4v) is 5.25. The Morgan fingerprint density at radius 2 is 1.43 bits per heavy atom. The average Bonchev–Trinajstić information content (AvgIpc) is 2.72. The summed E-state index contributed by atoms with van der Waals surface area (Å²) in [5.74, 6) is 8.04. The van der Waals surface area contributed by atoms with Gasteiger partial charge < -0.3 is 0 Å². The molecule has 0 aliphatic heterocycles. The maximum absolute atomic E-state index is 14.3. The lowest BCUT2D eigenvalue weighted by Gasteiger charge is -2.36. The molecule has 0 bridgehead atoms. The van der Waals surface area contributed by atoms with E-state index >= 15 is 0 Å². The maximum atomic E-state index is 14.3. The normalized spacial score (nSPS) is 27.9. The fraction of sp³-hybridized carbons (Fsp3) is 0.692. The van der Waals surface area contributed by atoms with Gasteiger partial charge in [-0.1, -0.05) is 51.4 Å². The number of hydrogen-bond donors (Lipinski definition) is 0. The van der Waals surface area contributed by atoms with E-state index in [1.165, 1.54) is 57.1 Å². The lowest BCUT2D eigenvalue weighted by molar-refractivity contribution is 0.156. The summed E-state index contributed by atoms with van der Waals surface area (Å²) in [4.78, 5) is 0. The number of aryl methyl sites for hydroxylation is 1. The Balaban J connectivity index is 1.54. The minimum atomic E-state index is -0.500. The van der Waals surface area contributed by atoms with Crippen LogP contribution in [0, 0.1) is 47.1 Å². The molecule has 0 aromatic heterocycles. The quantitative estimate of drug-likeness (QED) is 0.455. The standard InChI is InChI=1S/C26H36F2/c1-3-5-6-21-17-25(27)24(26(28)18-21)16-11-20-9-14-23(15-10-20)22-12-7-19(4-2)8-13-22/h17-20,22-23H,3-10,12-15H2,1-2H3. The average molecular weight is 387 g/mol. The van der Waals surface area contributed by atoms with Crippen molar-refractivity contribution in [2.75, 3.05) is 0 Å². The summed E-state index contributed by atoms with van der Waals surface area (Å²) in [6.07, 6.45) is 14.3. The van der Waals surface area contributed by atoms with E-state index in [0.717, 1.165) is 55.4 Å². The minimum Gasteiger partial charge on any atom is -0.206 e. The molecule has 0 N–H and O–H groups in total. The molecule has 0 saturated heterocycles. The minimum absolute atomic E-state index is 0.0414. The molecule has 3 rings (SSSR count). The van der Waals surface area contributed by atoms with Crippen molar-refractivity contribution in [1.82, 2.24) is 0 Å². The zero-order chi connectivity index (χ0) is 19.9. The molecule has 2 fully saturated rings. The first-order chi connectivity index (χ1) is 13.6. The van der Waals surface area contributed by atoms with Gasteiger partial charge in [-0.15, -0.1) is 0 Å². The largest absolute Gasteiger partial charge is 0.206 e. The highest BCUT2D eigenvalue weighted by Gasteiger charge is 2.30. The van der Waals surface area contributed by atoms with E-state index in [4.69, 9.17) is 0 Å². The van der Waals surface area contributed by atoms with Gasteiger partial charge in [0.25, 0.3) is 0 Å². The molecule has 2 saturated carbocycles. The van der Waals surface area contributed by atoms with Crippen LogP contribution in [0.15, 0.2) is 12.1 Å². The monoisotopic (exact) mass is 386 g/mol. The molecule has 28 heavy (non-hydrogen) atoms. The SMILES string of the molecule is CCCCc1cc(F)c(C#CC2CCC(C3CCC(CC)CC3)CC2)c(F)c1. The Hall–Kier alpha value is -1.36. The molecular formula is C26H36F2. The first-order valence-corrected chi connectivity index (χ1v) is 11.6. The van der Waals surface area contributed by atoms with E-state index in [9.17, 15) is 8.78 Å². The molecule has 0 atom stereocenters. The lowest BCUT2D eigenvalue weighted by atomic mass is 9.69. The van der Waals surface area contributed by atoms with Gasteiger partial charge in [-0.2, -0.15) is 0 Å². The van der Waals surface area contributed by atoms with Crippen molar-refractivity contribution in [3.8, 4) is 11.8 Å². The van der Waals surface area contributed by atoms with Crippen molar-refractivity contribution in [3.63, 3.8) is 0 Å². The van der Waals surface area contributed by atoms with E-state index in [-0.39, 0.29) is 5.56 Å². The third-order valence-electron chi connectivity index (χ3n) is 7.23. The van der Waals surface area contributed by atoms with Crippen molar-refractivity contribution in [1.29, 1.82) is 0 Å². The molecule has 0 amide bonds. The Kier molecular flexibility index (Phi) is 7.95. The Morgan fingerprint density at radius 1 is 0.857 bits per heavy atom. The number of unbranched alkanes of at least 4 members (excludes halogenated alkanes) is 1. The Morgan fingerprint density at radius 3 is 1.96 bits per heavy atom. The third-order valence-corrected chi connectivity index (χ3v) is 7.23. The smallest absolute Gasteiger partial charge is 0.142 e. The second kappa shape index (κ2) is 10.4. The zero-order valence-electron chi connectivity index (χ0n) is 17.7. The molecule has 2 heteroatoms. The van der Waals surface area contributed by atoms with Crippen molar-refractivity contribution < 1.29 is 8.78 Å².